The SMILES string of the molecule is CN1CCN(C=C2C=CC(NC(=O)c3ccc(OCCF)c([N+](=O)[O-])c3)=CC2C(F)(F)F)CC1. The zero-order chi connectivity index (χ0) is 24.9. The Morgan fingerprint density at radius 1 is 1.26 bits per heavy atom. The van der Waals surface area contributed by atoms with Gasteiger partial charge in [-0.2, -0.15) is 13.2 Å². The first-order valence-corrected chi connectivity index (χ1v) is 10.5. The van der Waals surface area contributed by atoms with Crippen LogP contribution >= 0.6 is 0 Å². The zero-order valence-corrected chi connectivity index (χ0v) is 18.3. The van der Waals surface area contributed by atoms with Gasteiger partial charge in [-0.15, -0.1) is 0 Å². The van der Waals surface area contributed by atoms with Crippen molar-refractivity contribution in [3.05, 3.63) is 69.6 Å². The normalized spacial score (nSPS) is 20.3. The maximum Gasteiger partial charge on any atom is 0.399 e. The van der Waals surface area contributed by atoms with Crippen molar-refractivity contribution in [2.45, 2.75) is 6.18 Å². The van der Waals surface area contributed by atoms with E-state index in [2.05, 4.69) is 10.2 Å². The van der Waals surface area contributed by atoms with Crippen molar-refractivity contribution in [2.75, 3.05) is 46.5 Å². The van der Waals surface area contributed by atoms with Gasteiger partial charge in [0.1, 0.15) is 19.2 Å². The Balaban J connectivity index is 1.78. The van der Waals surface area contributed by atoms with Crippen LogP contribution in [0.1, 0.15) is 10.4 Å². The van der Waals surface area contributed by atoms with Gasteiger partial charge in [-0.05, 0) is 36.9 Å². The number of carbonyl (C=O) groups is 1. The second-order valence-corrected chi connectivity index (χ2v) is 7.87. The van der Waals surface area contributed by atoms with Gasteiger partial charge in [0.05, 0.1) is 4.92 Å². The van der Waals surface area contributed by atoms with E-state index in [1.54, 1.807) is 0 Å². The number of ether oxygens (including phenoxy) is 1. The molecule has 184 valence electrons. The highest BCUT2D eigenvalue weighted by molar-refractivity contribution is 5.96. The number of carbonyl (C=O) groups excluding carboxylic acids is 1. The average molecular weight is 484 g/mol. The van der Waals surface area contributed by atoms with Crippen molar-refractivity contribution >= 4 is 11.6 Å². The molecule has 2 aliphatic rings. The molecule has 12 heteroatoms. The molecule has 1 aromatic carbocycles. The summed E-state index contributed by atoms with van der Waals surface area (Å²) in [4.78, 5) is 27.0. The highest BCUT2D eigenvalue weighted by Gasteiger charge is 2.41. The molecule has 1 saturated heterocycles. The van der Waals surface area contributed by atoms with Gasteiger partial charge in [0.15, 0.2) is 5.75 Å². The molecular formula is C22H24F4N4O4. The van der Waals surface area contributed by atoms with E-state index in [0.29, 0.717) is 13.1 Å². The van der Waals surface area contributed by atoms with E-state index in [-0.39, 0.29) is 22.6 Å². The van der Waals surface area contributed by atoms with Crippen molar-refractivity contribution < 1.29 is 32.0 Å². The van der Waals surface area contributed by atoms with Crippen molar-refractivity contribution in [2.24, 2.45) is 5.92 Å². The molecule has 1 aliphatic carbocycles. The first-order valence-electron chi connectivity index (χ1n) is 10.5. The van der Waals surface area contributed by atoms with Crippen LogP contribution in [0.2, 0.25) is 0 Å². The largest absolute Gasteiger partial charge is 0.484 e. The summed E-state index contributed by atoms with van der Waals surface area (Å²) in [5, 5.41) is 13.6. The lowest BCUT2D eigenvalue weighted by Crippen LogP contribution is -2.42. The highest BCUT2D eigenvalue weighted by Crippen LogP contribution is 2.37. The van der Waals surface area contributed by atoms with Crippen molar-refractivity contribution in [3.63, 3.8) is 0 Å². The quantitative estimate of drug-likeness (QED) is 0.363. The van der Waals surface area contributed by atoms with Crippen LogP contribution in [0.3, 0.4) is 0 Å². The second kappa shape index (κ2) is 10.7. The first kappa shape index (κ1) is 25.2. The predicted molar refractivity (Wildman–Crippen MR) is 116 cm³/mol. The Kier molecular flexibility index (Phi) is 7.92. The van der Waals surface area contributed by atoms with E-state index in [9.17, 15) is 32.5 Å². The Hall–Kier alpha value is -3.41. The molecule has 0 bridgehead atoms. The van der Waals surface area contributed by atoms with Gasteiger partial charge < -0.3 is 19.9 Å². The number of nitrogens with one attached hydrogen (secondary N) is 1. The van der Waals surface area contributed by atoms with Crippen LogP contribution in [-0.2, 0) is 0 Å². The third-order valence-corrected chi connectivity index (χ3v) is 5.39. The van der Waals surface area contributed by atoms with Gasteiger partial charge in [-0.25, -0.2) is 4.39 Å². The molecule has 1 N–H and O–H groups in total. The maximum absolute atomic E-state index is 13.8. The number of allylic oxidation sites excluding steroid dienone is 4. The lowest BCUT2D eigenvalue weighted by Gasteiger charge is -2.33. The van der Waals surface area contributed by atoms with Gasteiger partial charge in [-0.3, -0.25) is 14.9 Å². The monoisotopic (exact) mass is 484 g/mol. The molecule has 8 nitrogen and oxygen atoms in total. The predicted octanol–water partition coefficient (Wildman–Crippen LogP) is 3.44. The molecule has 0 radical (unpaired) electrons. The molecule has 1 amide bonds. The number of likely N-dealkylation sites (N-methyl/N-ethyl adjacent to an activating group) is 1. The van der Waals surface area contributed by atoms with Crippen LogP contribution in [-0.4, -0.2) is 73.3 Å². The smallest absolute Gasteiger partial charge is 0.399 e. The lowest BCUT2D eigenvalue weighted by molar-refractivity contribution is -0.385. The van der Waals surface area contributed by atoms with Crippen LogP contribution in [0.25, 0.3) is 0 Å². The number of nitrogens with zero attached hydrogens (tertiary/aromatic N) is 3. The molecule has 1 fully saturated rings. The molecule has 1 heterocycles. The maximum atomic E-state index is 13.8. The van der Waals surface area contributed by atoms with Gasteiger partial charge in [0, 0.05) is 49.7 Å². The summed E-state index contributed by atoms with van der Waals surface area (Å²) in [6, 6.07) is 3.28. The van der Waals surface area contributed by atoms with Gasteiger partial charge in [-0.1, -0.05) is 6.08 Å². The third kappa shape index (κ3) is 6.34. The summed E-state index contributed by atoms with van der Waals surface area (Å²) in [7, 11) is 1.94. The van der Waals surface area contributed by atoms with Gasteiger partial charge >= 0.3 is 11.9 Å². The number of hydrogen-bond donors (Lipinski definition) is 1. The minimum absolute atomic E-state index is 0.0556. The molecule has 1 aromatic rings. The number of nitro benzene ring substituents is 1. The number of halogens is 4. The van der Waals surface area contributed by atoms with E-state index in [1.165, 1.54) is 24.4 Å². The Bertz CT molecular complexity index is 1010. The summed E-state index contributed by atoms with van der Waals surface area (Å²) in [5.41, 5.74) is -0.737. The molecule has 0 aromatic heterocycles. The molecule has 34 heavy (non-hydrogen) atoms. The fraction of sp³-hybridized carbons (Fsp3) is 0.409. The zero-order valence-electron chi connectivity index (χ0n) is 18.3. The van der Waals surface area contributed by atoms with Crippen molar-refractivity contribution in [1.82, 2.24) is 15.1 Å². The number of benzene rings is 1. The van der Waals surface area contributed by atoms with E-state index >= 15 is 0 Å². The van der Waals surface area contributed by atoms with Crippen LogP contribution < -0.4 is 10.1 Å². The molecule has 1 atom stereocenters. The standard InChI is InChI=1S/C22H24F4N4O4/c1-28-7-9-29(10-8-28)14-16-2-4-17(13-18(16)22(24,25)26)27-21(31)15-3-5-20(34-11-6-23)19(12-15)30(32)33/h2-5,12-14,18H,6-11H2,1H3,(H,27,31). The topological polar surface area (TPSA) is 88.0 Å². The molecule has 0 saturated carbocycles. The van der Waals surface area contributed by atoms with E-state index in [4.69, 9.17) is 4.74 Å². The molecule has 1 unspecified atom stereocenters. The van der Waals surface area contributed by atoms with Gasteiger partial charge in [0.2, 0.25) is 0 Å². The number of hydrogen-bond acceptors (Lipinski definition) is 6. The summed E-state index contributed by atoms with van der Waals surface area (Å²) in [5.74, 6) is -2.96. The van der Waals surface area contributed by atoms with Crippen LogP contribution in [0.15, 0.2) is 53.9 Å². The van der Waals surface area contributed by atoms with E-state index in [1.807, 2.05) is 11.9 Å². The minimum Gasteiger partial charge on any atom is -0.484 e. The summed E-state index contributed by atoms with van der Waals surface area (Å²) >= 11 is 0. The third-order valence-electron chi connectivity index (χ3n) is 5.39. The number of amides is 1. The Morgan fingerprint density at radius 2 is 1.97 bits per heavy atom. The number of rotatable bonds is 7. The molecule has 3 rings (SSSR count). The molecular weight excluding hydrogens is 460 g/mol. The van der Waals surface area contributed by atoms with Crippen molar-refractivity contribution in [3.8, 4) is 5.75 Å². The van der Waals surface area contributed by atoms with Gasteiger partial charge in [0.25, 0.3) is 5.91 Å². The summed E-state index contributed by atoms with van der Waals surface area (Å²) in [6.07, 6.45) is 0.494. The number of piperazine rings is 1. The average Bonchev–Trinajstić information content (AvgIpc) is 2.79. The minimum atomic E-state index is -4.58. The van der Waals surface area contributed by atoms with Crippen LogP contribution in [0.5, 0.6) is 5.75 Å². The number of alkyl halides is 4. The lowest BCUT2D eigenvalue weighted by atomic mass is 9.92. The van der Waals surface area contributed by atoms with E-state index < -0.39 is 41.9 Å². The highest BCUT2D eigenvalue weighted by atomic mass is 19.4. The molecule has 0 spiro atoms. The van der Waals surface area contributed by atoms with E-state index in [0.717, 1.165) is 31.3 Å². The fourth-order valence-corrected chi connectivity index (χ4v) is 3.55. The molecule has 1 aliphatic heterocycles. The summed E-state index contributed by atoms with van der Waals surface area (Å²) < 4.78 is 58.5. The Labute approximate surface area is 193 Å². The second-order valence-electron chi connectivity index (χ2n) is 7.87. The fourth-order valence-electron chi connectivity index (χ4n) is 3.55. The van der Waals surface area contributed by atoms with Crippen LogP contribution in [0.4, 0.5) is 23.2 Å². The number of nitro groups is 1. The van der Waals surface area contributed by atoms with Crippen LogP contribution in [0, 0.1) is 16.0 Å². The summed E-state index contributed by atoms with van der Waals surface area (Å²) in [6.45, 7) is 1.44. The Morgan fingerprint density at radius 3 is 2.59 bits per heavy atom. The first-order chi connectivity index (χ1) is 16.1. The van der Waals surface area contributed by atoms with Crippen molar-refractivity contribution in [1.29, 1.82) is 0 Å².